The fourth-order valence-electron chi connectivity index (χ4n) is 2.49. The highest BCUT2D eigenvalue weighted by molar-refractivity contribution is 5.74. The van der Waals surface area contributed by atoms with Crippen LogP contribution >= 0.6 is 0 Å². The summed E-state index contributed by atoms with van der Waals surface area (Å²) in [7, 11) is 1.61. The van der Waals surface area contributed by atoms with Gasteiger partial charge in [-0.15, -0.1) is 0 Å². The standard InChI is InChI=1S/C16H27N5O3/c1-5-24-10-6-8-17-15-18-13-12(21(15)9-7-11(2)3)14(22)19-16(23)20(13)4/h11H,5-10H2,1-4H3,(H,17,18)(H,19,22,23). The number of fused-ring (bicyclic) bond motifs is 1. The van der Waals surface area contributed by atoms with Crippen molar-refractivity contribution in [3.05, 3.63) is 20.8 Å². The van der Waals surface area contributed by atoms with Gasteiger partial charge in [0.2, 0.25) is 5.95 Å². The first-order valence-corrected chi connectivity index (χ1v) is 8.46. The Morgan fingerprint density at radius 2 is 2.08 bits per heavy atom. The SMILES string of the molecule is CCOCCCNc1nc2c(c(=O)[nH]c(=O)n2C)n1CCC(C)C. The number of aromatic nitrogens is 4. The molecule has 134 valence electrons. The summed E-state index contributed by atoms with van der Waals surface area (Å²) >= 11 is 0. The molecule has 0 amide bonds. The molecule has 2 rings (SSSR count). The first-order chi connectivity index (χ1) is 11.5. The van der Waals surface area contributed by atoms with Crippen LogP contribution in [0.2, 0.25) is 0 Å². The number of aromatic amines is 1. The third kappa shape index (κ3) is 4.05. The van der Waals surface area contributed by atoms with E-state index in [9.17, 15) is 9.59 Å². The Balaban J connectivity index is 2.35. The summed E-state index contributed by atoms with van der Waals surface area (Å²) in [4.78, 5) is 30.9. The van der Waals surface area contributed by atoms with E-state index in [1.54, 1.807) is 7.05 Å². The van der Waals surface area contributed by atoms with Gasteiger partial charge in [-0.2, -0.15) is 4.98 Å². The number of H-pyrrole nitrogens is 1. The molecule has 0 radical (unpaired) electrons. The summed E-state index contributed by atoms with van der Waals surface area (Å²) in [5, 5.41) is 3.26. The number of nitrogens with one attached hydrogen (secondary N) is 2. The molecule has 0 atom stereocenters. The zero-order valence-corrected chi connectivity index (χ0v) is 14.9. The van der Waals surface area contributed by atoms with Gasteiger partial charge >= 0.3 is 5.69 Å². The molecule has 0 saturated heterocycles. The topological polar surface area (TPSA) is 93.9 Å². The summed E-state index contributed by atoms with van der Waals surface area (Å²) in [6, 6.07) is 0. The molecular weight excluding hydrogens is 310 g/mol. The number of hydrogen-bond acceptors (Lipinski definition) is 5. The second kappa shape index (κ2) is 8.14. The lowest BCUT2D eigenvalue weighted by molar-refractivity contribution is 0.147. The lowest BCUT2D eigenvalue weighted by Gasteiger charge is -2.11. The van der Waals surface area contributed by atoms with Crippen molar-refractivity contribution in [2.24, 2.45) is 13.0 Å². The van der Waals surface area contributed by atoms with Gasteiger partial charge in [0.1, 0.15) is 0 Å². The number of ether oxygens (including phenoxy) is 1. The first kappa shape index (κ1) is 18.3. The maximum absolute atomic E-state index is 12.3. The lowest BCUT2D eigenvalue weighted by Crippen LogP contribution is -2.29. The second-order valence-electron chi connectivity index (χ2n) is 6.24. The number of imidazole rings is 1. The summed E-state index contributed by atoms with van der Waals surface area (Å²) in [5.41, 5.74) is -0.0134. The molecule has 8 heteroatoms. The van der Waals surface area contributed by atoms with E-state index in [1.165, 1.54) is 4.57 Å². The Morgan fingerprint density at radius 1 is 1.33 bits per heavy atom. The summed E-state index contributed by atoms with van der Waals surface area (Å²) in [5.74, 6) is 1.12. The second-order valence-corrected chi connectivity index (χ2v) is 6.24. The van der Waals surface area contributed by atoms with Gasteiger partial charge in [0.25, 0.3) is 5.56 Å². The van der Waals surface area contributed by atoms with E-state index in [0.29, 0.717) is 49.3 Å². The van der Waals surface area contributed by atoms with Gasteiger partial charge in [-0.1, -0.05) is 13.8 Å². The third-order valence-electron chi connectivity index (χ3n) is 3.89. The Hall–Kier alpha value is -2.09. The summed E-state index contributed by atoms with van der Waals surface area (Å²) in [6.07, 6.45) is 1.76. The van der Waals surface area contributed by atoms with E-state index in [4.69, 9.17) is 4.74 Å². The normalized spacial score (nSPS) is 11.5. The Kier molecular flexibility index (Phi) is 6.19. The quantitative estimate of drug-likeness (QED) is 0.673. The minimum absolute atomic E-state index is 0.397. The van der Waals surface area contributed by atoms with Crippen LogP contribution in [0.3, 0.4) is 0 Å². The largest absolute Gasteiger partial charge is 0.382 e. The van der Waals surface area contributed by atoms with Crippen molar-refractivity contribution in [3.63, 3.8) is 0 Å². The summed E-state index contributed by atoms with van der Waals surface area (Å²) in [6.45, 7) is 8.97. The Bertz CT molecular complexity index is 787. The molecule has 0 aliphatic rings. The van der Waals surface area contributed by atoms with Crippen LogP contribution in [0.4, 0.5) is 5.95 Å². The highest BCUT2D eigenvalue weighted by Gasteiger charge is 2.17. The predicted molar refractivity (Wildman–Crippen MR) is 94.6 cm³/mol. The molecule has 8 nitrogen and oxygen atoms in total. The molecule has 2 heterocycles. The Morgan fingerprint density at radius 3 is 2.75 bits per heavy atom. The molecule has 2 N–H and O–H groups in total. The summed E-state index contributed by atoms with van der Waals surface area (Å²) < 4.78 is 8.56. The van der Waals surface area contributed by atoms with Gasteiger partial charge in [0.15, 0.2) is 11.2 Å². The van der Waals surface area contributed by atoms with Crippen LogP contribution in [0.5, 0.6) is 0 Å². The highest BCUT2D eigenvalue weighted by atomic mass is 16.5. The molecule has 0 aliphatic heterocycles. The fraction of sp³-hybridized carbons (Fsp3) is 0.688. The first-order valence-electron chi connectivity index (χ1n) is 8.46. The lowest BCUT2D eigenvalue weighted by atomic mass is 10.1. The van der Waals surface area contributed by atoms with Crippen LogP contribution in [-0.4, -0.2) is 38.9 Å². The van der Waals surface area contributed by atoms with Crippen LogP contribution in [0.1, 0.15) is 33.6 Å². The number of nitrogens with zero attached hydrogens (tertiary/aromatic N) is 3. The van der Waals surface area contributed by atoms with E-state index in [1.807, 2.05) is 11.5 Å². The molecule has 0 fully saturated rings. The van der Waals surface area contributed by atoms with E-state index < -0.39 is 11.2 Å². The van der Waals surface area contributed by atoms with E-state index >= 15 is 0 Å². The van der Waals surface area contributed by atoms with Gasteiger partial charge in [-0.25, -0.2) is 4.79 Å². The van der Waals surface area contributed by atoms with E-state index in [2.05, 4.69) is 29.1 Å². The van der Waals surface area contributed by atoms with Crippen molar-refractivity contribution in [1.82, 2.24) is 19.1 Å². The minimum Gasteiger partial charge on any atom is -0.382 e. The minimum atomic E-state index is -0.455. The fourth-order valence-corrected chi connectivity index (χ4v) is 2.49. The van der Waals surface area contributed by atoms with Crippen molar-refractivity contribution < 1.29 is 4.74 Å². The van der Waals surface area contributed by atoms with E-state index in [-0.39, 0.29) is 0 Å². The number of rotatable bonds is 9. The molecule has 2 aromatic heterocycles. The number of anilines is 1. The predicted octanol–water partition coefficient (Wildman–Crippen LogP) is 1.31. The van der Waals surface area contributed by atoms with Crippen LogP contribution in [-0.2, 0) is 18.3 Å². The Labute approximate surface area is 140 Å². The molecule has 0 aliphatic carbocycles. The van der Waals surface area contributed by atoms with Crippen molar-refractivity contribution in [2.75, 3.05) is 25.1 Å². The van der Waals surface area contributed by atoms with Gasteiger partial charge < -0.3 is 14.6 Å². The van der Waals surface area contributed by atoms with Crippen LogP contribution in [0, 0.1) is 5.92 Å². The number of aryl methyl sites for hydroxylation is 2. The molecular formula is C16H27N5O3. The smallest absolute Gasteiger partial charge is 0.329 e. The maximum Gasteiger partial charge on any atom is 0.329 e. The molecule has 0 aromatic carbocycles. The van der Waals surface area contributed by atoms with Crippen LogP contribution in [0.25, 0.3) is 11.2 Å². The molecule has 2 aromatic rings. The van der Waals surface area contributed by atoms with Crippen molar-refractivity contribution in [2.45, 2.75) is 40.2 Å². The van der Waals surface area contributed by atoms with Gasteiger partial charge in [-0.3, -0.25) is 14.3 Å². The molecule has 0 saturated carbocycles. The number of hydrogen-bond donors (Lipinski definition) is 2. The highest BCUT2D eigenvalue weighted by Crippen LogP contribution is 2.17. The zero-order chi connectivity index (χ0) is 17.7. The van der Waals surface area contributed by atoms with E-state index in [0.717, 1.165) is 12.8 Å². The van der Waals surface area contributed by atoms with Crippen molar-refractivity contribution in [1.29, 1.82) is 0 Å². The monoisotopic (exact) mass is 337 g/mol. The van der Waals surface area contributed by atoms with Gasteiger partial charge in [0, 0.05) is 33.4 Å². The molecule has 0 bridgehead atoms. The zero-order valence-electron chi connectivity index (χ0n) is 14.9. The van der Waals surface area contributed by atoms with Crippen LogP contribution in [0.15, 0.2) is 9.59 Å². The maximum atomic E-state index is 12.3. The molecule has 0 spiro atoms. The average molecular weight is 337 g/mol. The average Bonchev–Trinajstić information content (AvgIpc) is 2.89. The van der Waals surface area contributed by atoms with Gasteiger partial charge in [0.05, 0.1) is 0 Å². The molecule has 24 heavy (non-hydrogen) atoms. The van der Waals surface area contributed by atoms with Gasteiger partial charge in [-0.05, 0) is 25.7 Å². The molecule has 0 unspecified atom stereocenters. The van der Waals surface area contributed by atoms with Crippen LogP contribution < -0.4 is 16.6 Å². The third-order valence-corrected chi connectivity index (χ3v) is 3.89. The van der Waals surface area contributed by atoms with Crippen molar-refractivity contribution >= 4 is 17.1 Å². The van der Waals surface area contributed by atoms with Crippen molar-refractivity contribution in [3.8, 4) is 0 Å².